The largest absolute Gasteiger partial charge is 0.437 e. The lowest BCUT2D eigenvalue weighted by Gasteiger charge is -2.27. The normalized spacial score (nSPS) is 15.7. The minimum Gasteiger partial charge on any atom is -0.437 e. The van der Waals surface area contributed by atoms with Gasteiger partial charge in [-0.25, -0.2) is 4.98 Å². The minimum absolute atomic E-state index is 0.0934. The Morgan fingerprint density at radius 3 is 2.03 bits per heavy atom. The van der Waals surface area contributed by atoms with E-state index >= 15 is 0 Å². The van der Waals surface area contributed by atoms with E-state index < -0.39 is 24.5 Å². The Kier molecular flexibility index (Phi) is 5.56. The van der Waals surface area contributed by atoms with Crippen LogP contribution in [0, 0.1) is 18.7 Å². The van der Waals surface area contributed by atoms with Gasteiger partial charge in [0, 0.05) is 36.3 Å². The van der Waals surface area contributed by atoms with Crippen LogP contribution in [0.25, 0.3) is 44.6 Å². The van der Waals surface area contributed by atoms with Gasteiger partial charge in [0.05, 0.1) is 11.4 Å². The van der Waals surface area contributed by atoms with Gasteiger partial charge >= 0.3 is 0 Å². The Balaban J connectivity index is 1.76. The molecule has 0 saturated carbocycles. The molecule has 3 heterocycles. The van der Waals surface area contributed by atoms with Crippen molar-refractivity contribution >= 4 is 22.1 Å². The minimum atomic E-state index is -2.42. The van der Waals surface area contributed by atoms with Gasteiger partial charge in [-0.1, -0.05) is 85.7 Å². The zero-order valence-electron chi connectivity index (χ0n) is 30.2. The van der Waals surface area contributed by atoms with E-state index in [9.17, 15) is 1.37 Å². The van der Waals surface area contributed by atoms with Crippen LogP contribution in [0.2, 0.25) is 0 Å². The standard InChI is InChI=1S/C36H42N2O/c1-20(2)25-12-10-13-26(21(3)4)34(25)31-17-16-28-27-14-11-15-29(35(27)39-36(28)38-31)32-18-30(24(9)19-37-32)33(22(5)6)23(7)8/h10-23,33H,1-9H3/i9D3,20D,21D,33D. The van der Waals surface area contributed by atoms with Crippen LogP contribution in [-0.4, -0.2) is 9.97 Å². The first kappa shape index (κ1) is 20.4. The third kappa shape index (κ3) is 4.88. The second kappa shape index (κ2) is 10.6. The summed E-state index contributed by atoms with van der Waals surface area (Å²) in [7, 11) is 0. The summed E-state index contributed by atoms with van der Waals surface area (Å²) in [5, 5.41) is 1.65. The third-order valence-electron chi connectivity index (χ3n) is 7.50. The summed E-state index contributed by atoms with van der Waals surface area (Å²) < 4.78 is 58.3. The molecule has 0 amide bonds. The lowest BCUT2D eigenvalue weighted by molar-refractivity contribution is 0.386. The Morgan fingerprint density at radius 2 is 1.41 bits per heavy atom. The van der Waals surface area contributed by atoms with Crippen molar-refractivity contribution in [3.8, 4) is 22.5 Å². The zero-order chi connectivity index (χ0) is 33.3. The predicted molar refractivity (Wildman–Crippen MR) is 166 cm³/mol. The molecule has 0 bridgehead atoms. The first-order valence-corrected chi connectivity index (χ1v) is 13.7. The van der Waals surface area contributed by atoms with Gasteiger partial charge in [-0.15, -0.1) is 0 Å². The lowest BCUT2D eigenvalue weighted by Crippen LogP contribution is -2.15. The van der Waals surface area contributed by atoms with Crippen molar-refractivity contribution in [3.63, 3.8) is 0 Å². The van der Waals surface area contributed by atoms with Crippen molar-refractivity contribution < 1.29 is 12.6 Å². The molecule has 5 aromatic rings. The van der Waals surface area contributed by atoms with E-state index in [2.05, 4.69) is 4.98 Å². The predicted octanol–water partition coefficient (Wildman–Crippen LogP) is 10.7. The van der Waals surface area contributed by atoms with Crippen LogP contribution >= 0.6 is 0 Å². The molecule has 3 heteroatoms. The van der Waals surface area contributed by atoms with Crippen molar-refractivity contribution in [1.29, 1.82) is 0 Å². The summed E-state index contributed by atoms with van der Waals surface area (Å²) in [5.41, 5.74) is 5.69. The molecule has 3 aromatic heterocycles. The molecule has 202 valence electrons. The fourth-order valence-electron chi connectivity index (χ4n) is 5.81. The van der Waals surface area contributed by atoms with Crippen molar-refractivity contribution in [2.24, 2.45) is 11.8 Å². The summed E-state index contributed by atoms with van der Waals surface area (Å²) in [6, 6.07) is 17.1. The number of furan rings is 1. The van der Waals surface area contributed by atoms with Crippen molar-refractivity contribution in [2.75, 3.05) is 0 Å². The van der Waals surface area contributed by atoms with E-state index in [1.165, 1.54) is 6.20 Å². The zero-order valence-corrected chi connectivity index (χ0v) is 24.2. The molecular weight excluding hydrogens is 476 g/mol. The number of fused-ring (bicyclic) bond motifs is 3. The van der Waals surface area contributed by atoms with Crippen molar-refractivity contribution in [1.82, 2.24) is 9.97 Å². The molecule has 0 N–H and O–H groups in total. The van der Waals surface area contributed by atoms with Gasteiger partial charge in [0.15, 0.2) is 0 Å². The number of para-hydroxylation sites is 1. The van der Waals surface area contributed by atoms with Gasteiger partial charge in [0.1, 0.15) is 5.58 Å². The Bertz CT molecular complexity index is 1850. The number of rotatable bonds is 7. The molecule has 39 heavy (non-hydrogen) atoms. The monoisotopic (exact) mass is 524 g/mol. The van der Waals surface area contributed by atoms with E-state index in [1.54, 1.807) is 6.07 Å². The molecule has 5 rings (SSSR count). The Hall–Kier alpha value is -3.46. The Labute approximate surface area is 242 Å². The maximum atomic E-state index is 9.49. The number of nitrogens with zero attached hydrogens (tertiary/aromatic N) is 2. The molecule has 0 spiro atoms. The molecule has 3 nitrogen and oxygen atoms in total. The van der Waals surface area contributed by atoms with E-state index in [-0.39, 0.29) is 17.4 Å². The Morgan fingerprint density at radius 1 is 0.744 bits per heavy atom. The topological polar surface area (TPSA) is 38.9 Å². The highest BCUT2D eigenvalue weighted by atomic mass is 16.3. The van der Waals surface area contributed by atoms with Gasteiger partial charge in [0.25, 0.3) is 0 Å². The van der Waals surface area contributed by atoms with Crippen LogP contribution in [0.1, 0.15) is 104 Å². The summed E-state index contributed by atoms with van der Waals surface area (Å²) in [5.74, 6) is -3.28. The van der Waals surface area contributed by atoms with Crippen LogP contribution in [0.15, 0.2) is 65.2 Å². The van der Waals surface area contributed by atoms with E-state index in [4.69, 9.17) is 16.3 Å². The van der Waals surface area contributed by atoms with Crippen molar-refractivity contribution in [2.45, 2.75) is 79.9 Å². The lowest BCUT2D eigenvalue weighted by atomic mass is 9.78. The molecule has 0 fully saturated rings. The molecule has 0 atom stereocenters. The first-order chi connectivity index (χ1) is 20.8. The maximum Gasteiger partial charge on any atom is 0.227 e. The van der Waals surface area contributed by atoms with Gasteiger partial charge in [0.2, 0.25) is 5.71 Å². The summed E-state index contributed by atoms with van der Waals surface area (Å²) in [6.45, 7) is 12.7. The molecule has 0 aliphatic rings. The van der Waals surface area contributed by atoms with E-state index in [1.807, 2.05) is 104 Å². The van der Waals surface area contributed by atoms with E-state index in [0.717, 1.165) is 27.5 Å². The number of aromatic nitrogens is 2. The molecule has 2 aromatic carbocycles. The maximum absolute atomic E-state index is 9.49. The average molecular weight is 525 g/mol. The van der Waals surface area contributed by atoms with Crippen molar-refractivity contribution in [3.05, 3.63) is 83.0 Å². The van der Waals surface area contributed by atoms with Crippen LogP contribution in [0.4, 0.5) is 0 Å². The smallest absolute Gasteiger partial charge is 0.227 e. The molecule has 0 unspecified atom stereocenters. The summed E-state index contributed by atoms with van der Waals surface area (Å²) in [4.78, 5) is 9.56. The molecule has 0 aliphatic carbocycles. The molecule has 0 saturated heterocycles. The number of hydrogen-bond acceptors (Lipinski definition) is 3. The van der Waals surface area contributed by atoms with Crippen LogP contribution < -0.4 is 0 Å². The highest BCUT2D eigenvalue weighted by molar-refractivity contribution is 6.08. The number of hydrogen-bond donors (Lipinski definition) is 0. The number of pyridine rings is 2. The SMILES string of the molecule is [2H]C([2H])([2H])c1cnc(-c2cccc3c2oc2nc(-c4c(C([2H])(C)C)cccc4C([2H])(C)C)ccc23)cc1C([2H])(C(C)C)C(C)C. The third-order valence-corrected chi connectivity index (χ3v) is 7.50. The van der Waals surface area contributed by atoms with E-state index in [0.29, 0.717) is 33.8 Å². The van der Waals surface area contributed by atoms with Crippen LogP contribution in [0.5, 0.6) is 0 Å². The van der Waals surface area contributed by atoms with Gasteiger partial charge in [-0.3, -0.25) is 4.98 Å². The fourth-order valence-corrected chi connectivity index (χ4v) is 5.81. The van der Waals surface area contributed by atoms with Gasteiger partial charge in [-0.05, 0) is 82.9 Å². The van der Waals surface area contributed by atoms with Gasteiger partial charge in [-0.2, -0.15) is 0 Å². The van der Waals surface area contributed by atoms with Gasteiger partial charge < -0.3 is 4.42 Å². The summed E-state index contributed by atoms with van der Waals surface area (Å²) >= 11 is 0. The number of aryl methyl sites for hydroxylation is 1. The first-order valence-electron chi connectivity index (χ1n) is 16.7. The molecule has 0 radical (unpaired) electrons. The molecule has 0 aliphatic heterocycles. The number of benzene rings is 2. The second-order valence-corrected chi connectivity index (χ2v) is 11.4. The van der Waals surface area contributed by atoms with Crippen LogP contribution in [-0.2, 0) is 0 Å². The fraction of sp³-hybridized carbons (Fsp3) is 0.389. The second-order valence-electron chi connectivity index (χ2n) is 11.4. The van der Waals surface area contributed by atoms with Crippen LogP contribution in [0.3, 0.4) is 0 Å². The quantitative estimate of drug-likeness (QED) is 0.212. The highest BCUT2D eigenvalue weighted by Crippen LogP contribution is 2.40. The summed E-state index contributed by atoms with van der Waals surface area (Å²) in [6.07, 6.45) is 1.40. The molecular formula is C36H42N2O. The average Bonchev–Trinajstić information content (AvgIpc) is 3.32. The highest BCUT2D eigenvalue weighted by Gasteiger charge is 2.24.